The fourth-order valence-corrected chi connectivity index (χ4v) is 2.76. The fourth-order valence-electron chi connectivity index (χ4n) is 2.76. The first-order chi connectivity index (χ1) is 12.2. The van der Waals surface area contributed by atoms with Crippen LogP contribution in [0.2, 0.25) is 0 Å². The minimum absolute atomic E-state index is 0.137. The third-order valence-corrected chi connectivity index (χ3v) is 4.28. The molecule has 0 saturated carbocycles. The number of unbranched alkanes of at least 4 members (excludes halogenated alkanes) is 6. The van der Waals surface area contributed by atoms with E-state index in [9.17, 15) is 5.11 Å². The first kappa shape index (κ1) is 21.9. The SMILES string of the molecule is CCCCCCCCCc1ccc(C)cc1OCCOCC(O)CO. The predicted molar refractivity (Wildman–Crippen MR) is 102 cm³/mol. The highest BCUT2D eigenvalue weighted by atomic mass is 16.5. The molecule has 0 aromatic heterocycles. The van der Waals surface area contributed by atoms with Crippen LogP contribution >= 0.6 is 0 Å². The number of aryl methyl sites for hydroxylation is 2. The van der Waals surface area contributed by atoms with Crippen LogP contribution in [0.3, 0.4) is 0 Å². The molecule has 1 aromatic carbocycles. The van der Waals surface area contributed by atoms with Crippen molar-refractivity contribution in [3.8, 4) is 5.75 Å². The van der Waals surface area contributed by atoms with Gasteiger partial charge in [-0.3, -0.25) is 0 Å². The average molecular weight is 353 g/mol. The van der Waals surface area contributed by atoms with E-state index in [4.69, 9.17) is 14.6 Å². The van der Waals surface area contributed by atoms with E-state index in [-0.39, 0.29) is 13.2 Å². The molecule has 4 nitrogen and oxygen atoms in total. The molecule has 0 aliphatic rings. The van der Waals surface area contributed by atoms with Crippen molar-refractivity contribution in [3.05, 3.63) is 29.3 Å². The number of hydrogen-bond acceptors (Lipinski definition) is 4. The van der Waals surface area contributed by atoms with Gasteiger partial charge in [-0.15, -0.1) is 0 Å². The number of ether oxygens (including phenoxy) is 2. The molecule has 25 heavy (non-hydrogen) atoms. The summed E-state index contributed by atoms with van der Waals surface area (Å²) in [5.41, 5.74) is 2.45. The smallest absolute Gasteiger partial charge is 0.122 e. The molecule has 0 heterocycles. The van der Waals surface area contributed by atoms with Gasteiger partial charge in [-0.2, -0.15) is 0 Å². The molecule has 0 aliphatic carbocycles. The minimum Gasteiger partial charge on any atom is -0.491 e. The van der Waals surface area contributed by atoms with Crippen LogP contribution in [0.5, 0.6) is 5.75 Å². The standard InChI is InChI=1S/C21H36O4/c1-3-4-5-6-7-8-9-10-19-12-11-18(2)15-21(19)25-14-13-24-17-20(23)16-22/h11-12,15,20,22-23H,3-10,13-14,16-17H2,1-2H3. The Labute approximate surface area is 153 Å². The molecular formula is C21H36O4. The first-order valence-electron chi connectivity index (χ1n) is 9.76. The lowest BCUT2D eigenvalue weighted by Gasteiger charge is -2.13. The highest BCUT2D eigenvalue weighted by Crippen LogP contribution is 2.23. The van der Waals surface area contributed by atoms with Gasteiger partial charge in [-0.1, -0.05) is 57.6 Å². The molecule has 0 aliphatic heterocycles. The molecule has 1 unspecified atom stereocenters. The maximum Gasteiger partial charge on any atom is 0.122 e. The van der Waals surface area contributed by atoms with Crippen LogP contribution in [0.25, 0.3) is 0 Å². The van der Waals surface area contributed by atoms with Crippen LogP contribution in [0.4, 0.5) is 0 Å². The second kappa shape index (κ2) is 14.1. The zero-order valence-corrected chi connectivity index (χ0v) is 16.0. The highest BCUT2D eigenvalue weighted by molar-refractivity contribution is 5.37. The summed E-state index contributed by atoms with van der Waals surface area (Å²) in [6.07, 6.45) is 9.40. The van der Waals surface area contributed by atoms with E-state index in [1.54, 1.807) is 0 Å². The highest BCUT2D eigenvalue weighted by Gasteiger charge is 2.06. The van der Waals surface area contributed by atoms with E-state index in [1.165, 1.54) is 56.1 Å². The first-order valence-corrected chi connectivity index (χ1v) is 9.76. The molecule has 0 radical (unpaired) electrons. The lowest BCUT2D eigenvalue weighted by Crippen LogP contribution is -2.21. The summed E-state index contributed by atoms with van der Waals surface area (Å²) in [6, 6.07) is 6.38. The molecule has 1 atom stereocenters. The Morgan fingerprint density at radius 1 is 1.00 bits per heavy atom. The van der Waals surface area contributed by atoms with Crippen molar-refractivity contribution in [2.45, 2.75) is 71.3 Å². The van der Waals surface area contributed by atoms with Gasteiger partial charge in [0, 0.05) is 0 Å². The summed E-state index contributed by atoms with van der Waals surface area (Å²) in [7, 11) is 0. The maximum absolute atomic E-state index is 9.23. The molecule has 0 bridgehead atoms. The number of benzene rings is 1. The number of aliphatic hydroxyl groups excluding tert-OH is 2. The molecule has 1 rings (SSSR count). The molecular weight excluding hydrogens is 316 g/mol. The van der Waals surface area contributed by atoms with E-state index in [2.05, 4.69) is 32.0 Å². The summed E-state index contributed by atoms with van der Waals surface area (Å²) in [4.78, 5) is 0. The average Bonchev–Trinajstić information content (AvgIpc) is 2.61. The van der Waals surface area contributed by atoms with Gasteiger partial charge in [0.15, 0.2) is 0 Å². The Balaban J connectivity index is 2.29. The van der Waals surface area contributed by atoms with Gasteiger partial charge < -0.3 is 19.7 Å². The van der Waals surface area contributed by atoms with Gasteiger partial charge in [-0.25, -0.2) is 0 Å². The van der Waals surface area contributed by atoms with Gasteiger partial charge in [0.25, 0.3) is 0 Å². The molecule has 0 amide bonds. The summed E-state index contributed by atoms with van der Waals surface area (Å²) in [5.74, 6) is 0.942. The van der Waals surface area contributed by atoms with Crippen LogP contribution in [0.15, 0.2) is 18.2 Å². The van der Waals surface area contributed by atoms with Gasteiger partial charge in [0.05, 0.1) is 19.8 Å². The van der Waals surface area contributed by atoms with E-state index >= 15 is 0 Å². The summed E-state index contributed by atoms with van der Waals surface area (Å²) >= 11 is 0. The van der Waals surface area contributed by atoms with Crippen molar-refractivity contribution in [1.29, 1.82) is 0 Å². The van der Waals surface area contributed by atoms with Crippen LogP contribution in [-0.4, -0.2) is 42.7 Å². The lowest BCUT2D eigenvalue weighted by atomic mass is 10.0. The second-order valence-corrected chi connectivity index (χ2v) is 6.74. The quantitative estimate of drug-likeness (QED) is 0.468. The Bertz CT molecular complexity index is 448. The number of rotatable bonds is 15. The Morgan fingerprint density at radius 2 is 1.72 bits per heavy atom. The van der Waals surface area contributed by atoms with E-state index in [1.807, 2.05) is 0 Å². The fraction of sp³-hybridized carbons (Fsp3) is 0.714. The Morgan fingerprint density at radius 3 is 2.44 bits per heavy atom. The summed E-state index contributed by atoms with van der Waals surface area (Å²) in [6.45, 7) is 5.03. The topological polar surface area (TPSA) is 58.9 Å². The molecule has 2 N–H and O–H groups in total. The summed E-state index contributed by atoms with van der Waals surface area (Å²) in [5, 5.41) is 18.0. The predicted octanol–water partition coefficient (Wildman–Crippen LogP) is 4.04. The zero-order chi connectivity index (χ0) is 18.3. The Kier molecular flexibility index (Phi) is 12.4. The Hall–Kier alpha value is -1.10. The number of hydrogen-bond donors (Lipinski definition) is 2. The molecule has 0 saturated heterocycles. The van der Waals surface area contributed by atoms with Gasteiger partial charge in [0.2, 0.25) is 0 Å². The van der Waals surface area contributed by atoms with Gasteiger partial charge in [-0.05, 0) is 37.0 Å². The molecule has 1 aromatic rings. The van der Waals surface area contributed by atoms with Crippen molar-refractivity contribution in [1.82, 2.24) is 0 Å². The number of aliphatic hydroxyl groups is 2. The van der Waals surface area contributed by atoms with E-state index in [0.29, 0.717) is 13.2 Å². The van der Waals surface area contributed by atoms with Crippen molar-refractivity contribution < 1.29 is 19.7 Å². The largest absolute Gasteiger partial charge is 0.491 e. The summed E-state index contributed by atoms with van der Waals surface area (Å²) < 4.78 is 11.2. The molecule has 144 valence electrons. The van der Waals surface area contributed by atoms with E-state index in [0.717, 1.165) is 12.2 Å². The van der Waals surface area contributed by atoms with Crippen molar-refractivity contribution in [3.63, 3.8) is 0 Å². The van der Waals surface area contributed by atoms with E-state index < -0.39 is 6.10 Å². The third kappa shape index (κ3) is 10.5. The molecule has 4 heteroatoms. The van der Waals surface area contributed by atoms with Crippen molar-refractivity contribution in [2.24, 2.45) is 0 Å². The second-order valence-electron chi connectivity index (χ2n) is 6.74. The maximum atomic E-state index is 9.23. The van der Waals surface area contributed by atoms with Crippen LogP contribution in [0, 0.1) is 6.92 Å². The minimum atomic E-state index is -0.813. The van der Waals surface area contributed by atoms with Crippen molar-refractivity contribution in [2.75, 3.05) is 26.4 Å². The zero-order valence-electron chi connectivity index (χ0n) is 16.0. The monoisotopic (exact) mass is 352 g/mol. The van der Waals surface area contributed by atoms with Crippen molar-refractivity contribution >= 4 is 0 Å². The molecule has 0 spiro atoms. The van der Waals surface area contributed by atoms with Gasteiger partial charge in [0.1, 0.15) is 18.5 Å². The van der Waals surface area contributed by atoms with Gasteiger partial charge >= 0.3 is 0 Å². The lowest BCUT2D eigenvalue weighted by molar-refractivity contribution is -0.00145. The third-order valence-electron chi connectivity index (χ3n) is 4.28. The van der Waals surface area contributed by atoms with Crippen LogP contribution in [-0.2, 0) is 11.2 Å². The van der Waals surface area contributed by atoms with Crippen LogP contribution < -0.4 is 4.74 Å². The normalized spacial score (nSPS) is 12.3. The van der Waals surface area contributed by atoms with Crippen LogP contribution in [0.1, 0.15) is 63.0 Å². The molecule has 0 fully saturated rings.